The summed E-state index contributed by atoms with van der Waals surface area (Å²) in [5.74, 6) is -0.760. The predicted octanol–water partition coefficient (Wildman–Crippen LogP) is 2.95. The molecule has 4 heteroatoms. The molecule has 0 saturated carbocycles. The van der Waals surface area contributed by atoms with Crippen molar-refractivity contribution in [2.75, 3.05) is 13.2 Å². The molecule has 1 heterocycles. The molecule has 102 valence electrons. The first kappa shape index (κ1) is 13.7. The second-order valence-corrected chi connectivity index (χ2v) is 4.51. The highest BCUT2D eigenvalue weighted by atomic mass is 19.1. The standard InChI is InChI=1S/C15H17FO3/c16-13-5-3-4-12(10-13)7-8-15(17)19-11-14-6-1-2-9-18-14/h3-5,7-8,10,14H,1-2,6,9,11H2. The zero-order chi connectivity index (χ0) is 13.5. The van der Waals surface area contributed by atoms with Crippen molar-refractivity contribution in [2.24, 2.45) is 0 Å². The molecule has 0 spiro atoms. The number of esters is 1. The van der Waals surface area contributed by atoms with Crippen LogP contribution in [-0.2, 0) is 14.3 Å². The molecule has 3 nitrogen and oxygen atoms in total. The van der Waals surface area contributed by atoms with Crippen LogP contribution in [-0.4, -0.2) is 25.3 Å². The van der Waals surface area contributed by atoms with Gasteiger partial charge in [0.15, 0.2) is 0 Å². The zero-order valence-electron chi connectivity index (χ0n) is 10.7. The van der Waals surface area contributed by atoms with E-state index in [1.54, 1.807) is 12.1 Å². The van der Waals surface area contributed by atoms with E-state index in [9.17, 15) is 9.18 Å². The molecule has 0 aromatic heterocycles. The van der Waals surface area contributed by atoms with Crippen molar-refractivity contribution in [1.29, 1.82) is 0 Å². The lowest BCUT2D eigenvalue weighted by molar-refractivity contribution is -0.143. The van der Waals surface area contributed by atoms with Gasteiger partial charge in [0.05, 0.1) is 6.10 Å². The molecule has 0 N–H and O–H groups in total. The number of hydrogen-bond acceptors (Lipinski definition) is 3. The lowest BCUT2D eigenvalue weighted by Crippen LogP contribution is -2.25. The van der Waals surface area contributed by atoms with Gasteiger partial charge in [-0.05, 0) is 43.0 Å². The maximum absolute atomic E-state index is 12.9. The monoisotopic (exact) mass is 264 g/mol. The number of ether oxygens (including phenoxy) is 2. The van der Waals surface area contributed by atoms with Crippen molar-refractivity contribution in [3.05, 3.63) is 41.7 Å². The second kappa shape index (κ2) is 7.04. The zero-order valence-corrected chi connectivity index (χ0v) is 10.7. The Morgan fingerprint density at radius 3 is 3.11 bits per heavy atom. The predicted molar refractivity (Wildman–Crippen MR) is 70.0 cm³/mol. The van der Waals surface area contributed by atoms with Crippen LogP contribution >= 0.6 is 0 Å². The Kier molecular flexibility index (Phi) is 5.10. The summed E-state index contributed by atoms with van der Waals surface area (Å²) in [6.45, 7) is 1.02. The van der Waals surface area contributed by atoms with Crippen LogP contribution in [0.1, 0.15) is 24.8 Å². The van der Waals surface area contributed by atoms with Gasteiger partial charge in [-0.15, -0.1) is 0 Å². The molecule has 2 rings (SSSR count). The first-order chi connectivity index (χ1) is 9.24. The summed E-state index contributed by atoms with van der Waals surface area (Å²) in [5, 5.41) is 0. The maximum Gasteiger partial charge on any atom is 0.330 e. The van der Waals surface area contributed by atoms with Crippen LogP contribution in [0.5, 0.6) is 0 Å². The fraction of sp³-hybridized carbons (Fsp3) is 0.400. The number of halogens is 1. The molecule has 1 aliphatic rings. The first-order valence-corrected chi connectivity index (χ1v) is 6.46. The fourth-order valence-corrected chi connectivity index (χ4v) is 1.94. The Bertz CT molecular complexity index is 450. The number of carbonyl (C=O) groups excluding carboxylic acids is 1. The third-order valence-electron chi connectivity index (χ3n) is 2.95. The van der Waals surface area contributed by atoms with Crippen LogP contribution in [0.15, 0.2) is 30.3 Å². The van der Waals surface area contributed by atoms with E-state index in [1.165, 1.54) is 24.3 Å². The van der Waals surface area contributed by atoms with Crippen LogP contribution in [0.25, 0.3) is 6.08 Å². The molecule has 0 bridgehead atoms. The Morgan fingerprint density at radius 2 is 2.37 bits per heavy atom. The van der Waals surface area contributed by atoms with E-state index in [4.69, 9.17) is 9.47 Å². The van der Waals surface area contributed by atoms with E-state index in [1.807, 2.05) is 0 Å². The molecular formula is C15H17FO3. The van der Waals surface area contributed by atoms with E-state index in [2.05, 4.69) is 0 Å². The van der Waals surface area contributed by atoms with Crippen molar-refractivity contribution in [3.8, 4) is 0 Å². The topological polar surface area (TPSA) is 35.5 Å². The molecule has 1 saturated heterocycles. The highest BCUT2D eigenvalue weighted by molar-refractivity contribution is 5.87. The summed E-state index contributed by atoms with van der Waals surface area (Å²) < 4.78 is 23.5. The van der Waals surface area contributed by atoms with Gasteiger partial charge in [-0.1, -0.05) is 12.1 Å². The summed E-state index contributed by atoms with van der Waals surface area (Å²) in [6.07, 6.45) is 5.97. The van der Waals surface area contributed by atoms with Crippen LogP contribution in [0.3, 0.4) is 0 Å². The molecule has 0 radical (unpaired) electrons. The van der Waals surface area contributed by atoms with Crippen molar-refractivity contribution in [1.82, 2.24) is 0 Å². The van der Waals surface area contributed by atoms with Crippen molar-refractivity contribution in [3.63, 3.8) is 0 Å². The van der Waals surface area contributed by atoms with E-state index >= 15 is 0 Å². The van der Waals surface area contributed by atoms with Gasteiger partial charge in [0.1, 0.15) is 12.4 Å². The minimum absolute atomic E-state index is 0.0141. The smallest absolute Gasteiger partial charge is 0.330 e. The molecular weight excluding hydrogens is 247 g/mol. The van der Waals surface area contributed by atoms with Crippen molar-refractivity contribution >= 4 is 12.0 Å². The SMILES string of the molecule is O=C(C=Cc1cccc(F)c1)OCC1CCCCO1. The molecule has 0 amide bonds. The number of rotatable bonds is 4. The average molecular weight is 264 g/mol. The minimum atomic E-state index is -0.432. The van der Waals surface area contributed by atoms with Gasteiger partial charge < -0.3 is 9.47 Å². The van der Waals surface area contributed by atoms with Crippen molar-refractivity contribution in [2.45, 2.75) is 25.4 Å². The highest BCUT2D eigenvalue weighted by Gasteiger charge is 2.14. The van der Waals surface area contributed by atoms with Gasteiger partial charge in [-0.25, -0.2) is 9.18 Å². The van der Waals surface area contributed by atoms with Gasteiger partial charge in [0.25, 0.3) is 0 Å². The van der Waals surface area contributed by atoms with Crippen LogP contribution < -0.4 is 0 Å². The molecule has 1 fully saturated rings. The van der Waals surface area contributed by atoms with Gasteiger partial charge in [-0.3, -0.25) is 0 Å². The molecule has 1 unspecified atom stereocenters. The van der Waals surface area contributed by atoms with E-state index in [0.29, 0.717) is 5.56 Å². The Labute approximate surface area is 112 Å². The number of carbonyl (C=O) groups is 1. The second-order valence-electron chi connectivity index (χ2n) is 4.51. The third kappa shape index (κ3) is 4.83. The Morgan fingerprint density at radius 1 is 1.47 bits per heavy atom. The lowest BCUT2D eigenvalue weighted by atomic mass is 10.1. The fourth-order valence-electron chi connectivity index (χ4n) is 1.94. The van der Waals surface area contributed by atoms with E-state index in [-0.39, 0.29) is 18.5 Å². The highest BCUT2D eigenvalue weighted by Crippen LogP contribution is 2.13. The molecule has 1 atom stereocenters. The normalized spacial score (nSPS) is 19.5. The summed E-state index contributed by atoms with van der Waals surface area (Å²) in [4.78, 5) is 11.5. The van der Waals surface area contributed by atoms with Gasteiger partial charge in [0.2, 0.25) is 0 Å². The third-order valence-corrected chi connectivity index (χ3v) is 2.95. The molecule has 1 aliphatic heterocycles. The summed E-state index contributed by atoms with van der Waals surface area (Å²) in [6, 6.07) is 6.03. The van der Waals surface area contributed by atoms with Gasteiger partial charge >= 0.3 is 5.97 Å². The summed E-state index contributed by atoms with van der Waals surface area (Å²) in [7, 11) is 0. The lowest BCUT2D eigenvalue weighted by Gasteiger charge is -2.21. The largest absolute Gasteiger partial charge is 0.460 e. The molecule has 0 aliphatic carbocycles. The number of hydrogen-bond donors (Lipinski definition) is 0. The average Bonchev–Trinajstić information content (AvgIpc) is 2.44. The van der Waals surface area contributed by atoms with Crippen LogP contribution in [0.2, 0.25) is 0 Å². The quantitative estimate of drug-likeness (QED) is 0.619. The van der Waals surface area contributed by atoms with Gasteiger partial charge in [0, 0.05) is 12.7 Å². The van der Waals surface area contributed by atoms with Crippen LogP contribution in [0.4, 0.5) is 4.39 Å². The van der Waals surface area contributed by atoms with E-state index in [0.717, 1.165) is 25.9 Å². The summed E-state index contributed by atoms with van der Waals surface area (Å²) in [5.41, 5.74) is 0.630. The maximum atomic E-state index is 12.9. The Balaban J connectivity index is 1.77. The number of benzene rings is 1. The first-order valence-electron chi connectivity index (χ1n) is 6.46. The summed E-state index contributed by atoms with van der Waals surface area (Å²) >= 11 is 0. The molecule has 1 aromatic carbocycles. The molecule has 19 heavy (non-hydrogen) atoms. The minimum Gasteiger partial charge on any atom is -0.460 e. The van der Waals surface area contributed by atoms with Crippen molar-refractivity contribution < 1.29 is 18.7 Å². The van der Waals surface area contributed by atoms with E-state index < -0.39 is 5.97 Å². The van der Waals surface area contributed by atoms with Crippen LogP contribution in [0, 0.1) is 5.82 Å². The Hall–Kier alpha value is -1.68. The molecule has 1 aromatic rings. The van der Waals surface area contributed by atoms with Gasteiger partial charge in [-0.2, -0.15) is 0 Å².